The Hall–Kier alpha value is -0.250. The molecule has 0 atom stereocenters. The van der Waals surface area contributed by atoms with E-state index in [0.29, 0.717) is 6.54 Å². The lowest BCUT2D eigenvalue weighted by molar-refractivity contribution is 0.355. The highest BCUT2D eigenvalue weighted by molar-refractivity contribution is 5.85. The van der Waals surface area contributed by atoms with Crippen LogP contribution in [0.5, 0.6) is 0 Å². The van der Waals surface area contributed by atoms with E-state index < -0.39 is 0 Å². The van der Waals surface area contributed by atoms with Crippen LogP contribution in [0.3, 0.4) is 0 Å². The average molecular weight is 226 g/mol. The minimum Gasteiger partial charge on any atom is -0.326 e. The highest BCUT2D eigenvalue weighted by Crippen LogP contribution is 2.12. The molecule has 0 aliphatic heterocycles. The molecular weight excluding hydrogens is 209 g/mol. The Balaban J connectivity index is 0. The summed E-state index contributed by atoms with van der Waals surface area (Å²) in [7, 11) is 0. The topological polar surface area (TPSA) is 43.8 Å². The number of hydrogen-bond donors (Lipinski definition) is 1. The highest BCUT2D eigenvalue weighted by Gasteiger charge is 2.12. The molecule has 0 saturated carbocycles. The molecule has 0 fully saturated rings. The Kier molecular flexibility index (Phi) is 6.41. The van der Waals surface area contributed by atoms with Crippen molar-refractivity contribution in [3.8, 4) is 0 Å². The quantitative estimate of drug-likeness (QED) is 0.795. The van der Waals surface area contributed by atoms with E-state index in [4.69, 9.17) is 5.73 Å². The van der Waals surface area contributed by atoms with E-state index in [0.717, 1.165) is 5.56 Å². The van der Waals surface area contributed by atoms with Crippen molar-refractivity contribution in [2.24, 2.45) is 5.73 Å². The maximum absolute atomic E-state index is 5.45. The van der Waals surface area contributed by atoms with Crippen LogP contribution >= 0.6 is 24.8 Å². The predicted octanol–water partition coefficient (Wildman–Crippen LogP) is 1.94. The lowest BCUT2D eigenvalue weighted by Gasteiger charge is -2.18. The van der Waals surface area contributed by atoms with Gasteiger partial charge in [-0.2, -0.15) is 5.10 Å². The van der Waals surface area contributed by atoms with Gasteiger partial charge in [-0.15, -0.1) is 24.8 Å². The molecule has 1 aromatic rings. The van der Waals surface area contributed by atoms with Crippen molar-refractivity contribution in [2.45, 2.75) is 32.9 Å². The van der Waals surface area contributed by atoms with Crippen LogP contribution in [0.2, 0.25) is 0 Å². The zero-order valence-electron chi connectivity index (χ0n) is 8.15. The molecule has 0 unspecified atom stereocenters. The second-order valence-electron chi connectivity index (χ2n) is 3.67. The minimum absolute atomic E-state index is 0. The second kappa shape index (κ2) is 5.47. The van der Waals surface area contributed by atoms with Gasteiger partial charge in [0.25, 0.3) is 0 Å². The zero-order chi connectivity index (χ0) is 8.48. The van der Waals surface area contributed by atoms with Crippen molar-refractivity contribution in [2.75, 3.05) is 0 Å². The first-order valence-electron chi connectivity index (χ1n) is 3.78. The van der Waals surface area contributed by atoms with Crippen molar-refractivity contribution in [1.29, 1.82) is 0 Å². The molecule has 0 bridgehead atoms. The molecule has 3 nitrogen and oxygen atoms in total. The van der Waals surface area contributed by atoms with Crippen molar-refractivity contribution in [3.63, 3.8) is 0 Å². The van der Waals surface area contributed by atoms with Crippen LogP contribution < -0.4 is 5.73 Å². The SMILES string of the molecule is CC(C)(C)n1cc(CN)cn1.Cl.Cl. The molecule has 1 heterocycles. The highest BCUT2D eigenvalue weighted by atomic mass is 35.5. The van der Waals surface area contributed by atoms with Crippen LogP contribution in [0.15, 0.2) is 12.4 Å². The van der Waals surface area contributed by atoms with E-state index in [1.54, 1.807) is 0 Å². The van der Waals surface area contributed by atoms with Gasteiger partial charge >= 0.3 is 0 Å². The molecule has 1 aromatic heterocycles. The number of hydrogen-bond acceptors (Lipinski definition) is 2. The van der Waals surface area contributed by atoms with Gasteiger partial charge in [-0.05, 0) is 20.8 Å². The first kappa shape index (κ1) is 15.2. The number of nitrogens with two attached hydrogens (primary N) is 1. The maximum atomic E-state index is 5.45. The lowest BCUT2D eigenvalue weighted by Crippen LogP contribution is -2.21. The van der Waals surface area contributed by atoms with Crippen LogP contribution in [0, 0.1) is 0 Å². The lowest BCUT2D eigenvalue weighted by atomic mass is 10.1. The molecule has 1 rings (SSSR count). The molecule has 2 N–H and O–H groups in total. The summed E-state index contributed by atoms with van der Waals surface area (Å²) in [5.41, 5.74) is 6.60. The number of rotatable bonds is 1. The van der Waals surface area contributed by atoms with Gasteiger partial charge in [-0.25, -0.2) is 0 Å². The van der Waals surface area contributed by atoms with E-state index in [-0.39, 0.29) is 30.4 Å². The summed E-state index contributed by atoms with van der Waals surface area (Å²) in [5.74, 6) is 0. The summed E-state index contributed by atoms with van der Waals surface area (Å²) < 4.78 is 1.93. The maximum Gasteiger partial charge on any atom is 0.0543 e. The van der Waals surface area contributed by atoms with Crippen LogP contribution in [-0.2, 0) is 12.1 Å². The fourth-order valence-corrected chi connectivity index (χ4v) is 0.832. The summed E-state index contributed by atoms with van der Waals surface area (Å²) in [4.78, 5) is 0. The molecular formula is C8H17Cl2N3. The van der Waals surface area contributed by atoms with Crippen LogP contribution in [-0.4, -0.2) is 9.78 Å². The molecule has 0 aliphatic carbocycles. The van der Waals surface area contributed by atoms with Gasteiger partial charge in [0.15, 0.2) is 0 Å². The summed E-state index contributed by atoms with van der Waals surface area (Å²) in [5, 5.41) is 4.19. The molecule has 0 spiro atoms. The molecule has 13 heavy (non-hydrogen) atoms. The fourth-order valence-electron chi connectivity index (χ4n) is 0.832. The van der Waals surface area contributed by atoms with Crippen molar-refractivity contribution >= 4 is 24.8 Å². The van der Waals surface area contributed by atoms with Gasteiger partial charge in [0.05, 0.1) is 11.7 Å². The summed E-state index contributed by atoms with van der Waals surface area (Å²) in [6.07, 6.45) is 3.80. The molecule has 0 aliphatic rings. The van der Waals surface area contributed by atoms with E-state index in [1.165, 1.54) is 0 Å². The van der Waals surface area contributed by atoms with Gasteiger partial charge in [0, 0.05) is 18.3 Å². The largest absolute Gasteiger partial charge is 0.326 e. The average Bonchev–Trinajstić information content (AvgIpc) is 2.32. The Bertz CT molecular complexity index is 240. The molecule has 0 saturated heterocycles. The molecule has 5 heteroatoms. The van der Waals surface area contributed by atoms with Gasteiger partial charge in [0.2, 0.25) is 0 Å². The van der Waals surface area contributed by atoms with E-state index >= 15 is 0 Å². The third kappa shape index (κ3) is 3.98. The van der Waals surface area contributed by atoms with Crippen LogP contribution in [0.25, 0.3) is 0 Å². The molecule has 0 aromatic carbocycles. The normalized spacial score (nSPS) is 10.2. The van der Waals surface area contributed by atoms with E-state index in [9.17, 15) is 0 Å². The first-order valence-corrected chi connectivity index (χ1v) is 3.78. The third-order valence-electron chi connectivity index (χ3n) is 1.56. The zero-order valence-corrected chi connectivity index (χ0v) is 9.78. The monoisotopic (exact) mass is 225 g/mol. The first-order chi connectivity index (χ1) is 5.04. The molecule has 0 amide bonds. The second-order valence-corrected chi connectivity index (χ2v) is 3.67. The Labute approximate surface area is 91.5 Å². The number of halogens is 2. The number of aromatic nitrogens is 2. The summed E-state index contributed by atoms with van der Waals surface area (Å²) in [6, 6.07) is 0. The Morgan fingerprint density at radius 2 is 1.92 bits per heavy atom. The smallest absolute Gasteiger partial charge is 0.0543 e. The third-order valence-corrected chi connectivity index (χ3v) is 1.56. The van der Waals surface area contributed by atoms with Crippen molar-refractivity contribution in [1.82, 2.24) is 9.78 Å². The van der Waals surface area contributed by atoms with Gasteiger partial charge in [0.1, 0.15) is 0 Å². The molecule has 78 valence electrons. The Morgan fingerprint density at radius 1 is 1.38 bits per heavy atom. The van der Waals surface area contributed by atoms with Crippen LogP contribution in [0.4, 0.5) is 0 Å². The van der Waals surface area contributed by atoms with E-state index in [1.807, 2.05) is 17.1 Å². The Morgan fingerprint density at radius 3 is 2.15 bits per heavy atom. The number of nitrogens with zero attached hydrogens (tertiary/aromatic N) is 2. The van der Waals surface area contributed by atoms with Gasteiger partial charge in [-0.1, -0.05) is 0 Å². The summed E-state index contributed by atoms with van der Waals surface area (Å²) >= 11 is 0. The van der Waals surface area contributed by atoms with Crippen LogP contribution in [0.1, 0.15) is 26.3 Å². The summed E-state index contributed by atoms with van der Waals surface area (Å²) in [6.45, 7) is 6.90. The van der Waals surface area contributed by atoms with Crippen molar-refractivity contribution in [3.05, 3.63) is 18.0 Å². The minimum atomic E-state index is 0. The standard InChI is InChI=1S/C8H15N3.2ClH/c1-8(2,3)11-6-7(4-9)5-10-11;;/h5-6H,4,9H2,1-3H3;2*1H. The van der Waals surface area contributed by atoms with Gasteiger partial charge < -0.3 is 5.73 Å². The fraction of sp³-hybridized carbons (Fsp3) is 0.625. The van der Waals surface area contributed by atoms with E-state index in [2.05, 4.69) is 25.9 Å². The van der Waals surface area contributed by atoms with Crippen molar-refractivity contribution < 1.29 is 0 Å². The predicted molar refractivity (Wildman–Crippen MR) is 59.6 cm³/mol. The van der Waals surface area contributed by atoms with Gasteiger partial charge in [-0.3, -0.25) is 4.68 Å². The molecule has 0 radical (unpaired) electrons.